The molecule has 0 heterocycles. The largest absolute Gasteiger partial charge is 0.493 e. The third-order valence-corrected chi connectivity index (χ3v) is 3.65. The number of nitrogens with one attached hydrogen (secondary N) is 1. The Morgan fingerprint density at radius 2 is 1.83 bits per heavy atom. The highest BCUT2D eigenvalue weighted by atomic mass is 19.1. The maximum atomic E-state index is 13.6. The Morgan fingerprint density at radius 1 is 1.12 bits per heavy atom. The number of carbonyl (C=O) groups is 1. The van der Waals surface area contributed by atoms with E-state index in [4.69, 9.17) is 9.47 Å². The van der Waals surface area contributed by atoms with Gasteiger partial charge in [-0.1, -0.05) is 18.2 Å². The van der Waals surface area contributed by atoms with Crippen LogP contribution in [-0.2, 0) is 6.42 Å². The van der Waals surface area contributed by atoms with Crippen molar-refractivity contribution in [2.24, 2.45) is 0 Å². The van der Waals surface area contributed by atoms with Gasteiger partial charge in [0.15, 0.2) is 11.5 Å². The van der Waals surface area contributed by atoms with E-state index in [-0.39, 0.29) is 11.7 Å². The van der Waals surface area contributed by atoms with Crippen molar-refractivity contribution in [2.75, 3.05) is 33.1 Å². The van der Waals surface area contributed by atoms with Gasteiger partial charge in [-0.05, 0) is 36.2 Å². The molecule has 0 aliphatic carbocycles. The molecule has 2 aromatic rings. The number of anilines is 1. The maximum Gasteiger partial charge on any atom is 0.321 e. The van der Waals surface area contributed by atoms with Crippen LogP contribution in [-0.4, -0.2) is 38.7 Å². The van der Waals surface area contributed by atoms with Gasteiger partial charge in [0.25, 0.3) is 0 Å². The van der Waals surface area contributed by atoms with Crippen molar-refractivity contribution >= 4 is 11.7 Å². The normalized spacial score (nSPS) is 10.2. The van der Waals surface area contributed by atoms with Gasteiger partial charge in [-0.2, -0.15) is 0 Å². The van der Waals surface area contributed by atoms with Gasteiger partial charge in [0.2, 0.25) is 0 Å². The molecular weight excluding hydrogens is 311 g/mol. The second-order valence-corrected chi connectivity index (χ2v) is 5.27. The lowest BCUT2D eigenvalue weighted by Crippen LogP contribution is -2.33. The number of amides is 2. The number of para-hydroxylation sites is 1. The number of hydrogen-bond acceptors (Lipinski definition) is 3. The first-order valence-electron chi connectivity index (χ1n) is 7.52. The van der Waals surface area contributed by atoms with Crippen LogP contribution in [0.2, 0.25) is 0 Å². The zero-order chi connectivity index (χ0) is 17.5. The Kier molecular flexibility index (Phi) is 6.01. The minimum Gasteiger partial charge on any atom is -0.493 e. The quantitative estimate of drug-likeness (QED) is 0.880. The molecule has 0 saturated carbocycles. The Labute approximate surface area is 141 Å². The second-order valence-electron chi connectivity index (χ2n) is 5.27. The summed E-state index contributed by atoms with van der Waals surface area (Å²) in [5.41, 5.74) is 1.18. The SMILES string of the molecule is COc1ccc(CCN(C)C(=O)Nc2ccccc2F)cc1OC. The summed E-state index contributed by atoms with van der Waals surface area (Å²) in [6, 6.07) is 11.3. The van der Waals surface area contributed by atoms with Crippen LogP contribution >= 0.6 is 0 Å². The van der Waals surface area contributed by atoms with Crippen molar-refractivity contribution in [3.8, 4) is 11.5 Å². The molecule has 128 valence electrons. The zero-order valence-electron chi connectivity index (χ0n) is 14.0. The lowest BCUT2D eigenvalue weighted by molar-refractivity contribution is 0.223. The Hall–Kier alpha value is -2.76. The third-order valence-electron chi connectivity index (χ3n) is 3.65. The van der Waals surface area contributed by atoms with E-state index < -0.39 is 5.82 Å². The summed E-state index contributed by atoms with van der Waals surface area (Å²) < 4.78 is 24.0. The van der Waals surface area contributed by atoms with E-state index in [9.17, 15) is 9.18 Å². The number of hydrogen-bond donors (Lipinski definition) is 1. The molecule has 0 radical (unpaired) electrons. The number of carbonyl (C=O) groups excluding carboxylic acids is 1. The predicted molar refractivity (Wildman–Crippen MR) is 91.3 cm³/mol. The van der Waals surface area contributed by atoms with Gasteiger partial charge < -0.3 is 19.7 Å². The minimum atomic E-state index is -0.459. The Bertz CT molecular complexity index is 706. The molecule has 0 bridgehead atoms. The number of halogens is 1. The molecule has 0 fully saturated rings. The molecule has 1 N–H and O–H groups in total. The van der Waals surface area contributed by atoms with Gasteiger partial charge in [0, 0.05) is 13.6 Å². The maximum absolute atomic E-state index is 13.6. The smallest absolute Gasteiger partial charge is 0.321 e. The lowest BCUT2D eigenvalue weighted by atomic mass is 10.1. The van der Waals surface area contributed by atoms with E-state index in [2.05, 4.69) is 5.32 Å². The van der Waals surface area contributed by atoms with Crippen LogP contribution in [0.3, 0.4) is 0 Å². The number of ether oxygens (including phenoxy) is 2. The fourth-order valence-electron chi connectivity index (χ4n) is 2.21. The molecule has 0 atom stereocenters. The van der Waals surface area contributed by atoms with E-state index in [1.807, 2.05) is 18.2 Å². The molecule has 24 heavy (non-hydrogen) atoms. The number of benzene rings is 2. The zero-order valence-corrected chi connectivity index (χ0v) is 14.0. The van der Waals surface area contributed by atoms with Crippen LogP contribution in [0.4, 0.5) is 14.9 Å². The highest BCUT2D eigenvalue weighted by molar-refractivity contribution is 5.89. The van der Waals surface area contributed by atoms with Crippen LogP contribution in [0.25, 0.3) is 0 Å². The molecule has 2 amide bonds. The highest BCUT2D eigenvalue weighted by Gasteiger charge is 2.12. The number of methoxy groups -OCH3 is 2. The third kappa shape index (κ3) is 4.38. The van der Waals surface area contributed by atoms with Crippen LogP contribution in [0.15, 0.2) is 42.5 Å². The summed E-state index contributed by atoms with van der Waals surface area (Å²) in [6.45, 7) is 0.482. The van der Waals surface area contributed by atoms with Crippen molar-refractivity contribution in [3.05, 3.63) is 53.8 Å². The summed E-state index contributed by atoms with van der Waals surface area (Å²) in [5, 5.41) is 2.55. The van der Waals surface area contributed by atoms with Crippen molar-refractivity contribution in [2.45, 2.75) is 6.42 Å². The molecular formula is C18H21FN2O3. The molecule has 6 heteroatoms. The average Bonchev–Trinajstić information content (AvgIpc) is 2.61. The van der Waals surface area contributed by atoms with E-state index in [0.29, 0.717) is 24.5 Å². The Balaban J connectivity index is 1.94. The number of likely N-dealkylation sites (N-methyl/N-ethyl adjacent to an activating group) is 1. The molecule has 2 rings (SSSR count). The molecule has 0 aliphatic rings. The average molecular weight is 332 g/mol. The van der Waals surface area contributed by atoms with Crippen molar-refractivity contribution in [1.29, 1.82) is 0 Å². The number of nitrogens with zero attached hydrogens (tertiary/aromatic N) is 1. The Morgan fingerprint density at radius 3 is 2.50 bits per heavy atom. The van der Waals surface area contributed by atoms with Crippen molar-refractivity contribution < 1.29 is 18.7 Å². The summed E-state index contributed by atoms with van der Waals surface area (Å²) in [4.78, 5) is 13.6. The summed E-state index contributed by atoms with van der Waals surface area (Å²) >= 11 is 0. The van der Waals surface area contributed by atoms with Gasteiger partial charge in [-0.25, -0.2) is 9.18 Å². The first-order chi connectivity index (χ1) is 11.5. The summed E-state index contributed by atoms with van der Waals surface area (Å²) in [6.07, 6.45) is 0.640. The van der Waals surface area contributed by atoms with Gasteiger partial charge in [-0.3, -0.25) is 0 Å². The highest BCUT2D eigenvalue weighted by Crippen LogP contribution is 2.27. The van der Waals surface area contributed by atoms with E-state index in [1.165, 1.54) is 17.0 Å². The fourth-order valence-corrected chi connectivity index (χ4v) is 2.21. The van der Waals surface area contributed by atoms with Crippen LogP contribution in [0.1, 0.15) is 5.56 Å². The predicted octanol–water partition coefficient (Wildman–Crippen LogP) is 3.55. The van der Waals surface area contributed by atoms with E-state index >= 15 is 0 Å². The monoisotopic (exact) mass is 332 g/mol. The van der Waals surface area contributed by atoms with Crippen LogP contribution < -0.4 is 14.8 Å². The van der Waals surface area contributed by atoms with Crippen LogP contribution in [0.5, 0.6) is 11.5 Å². The lowest BCUT2D eigenvalue weighted by Gasteiger charge is -2.18. The van der Waals surface area contributed by atoms with Crippen LogP contribution in [0, 0.1) is 5.82 Å². The molecule has 0 aliphatic heterocycles. The van der Waals surface area contributed by atoms with E-state index in [1.54, 1.807) is 33.4 Å². The molecule has 2 aromatic carbocycles. The topological polar surface area (TPSA) is 50.8 Å². The first-order valence-corrected chi connectivity index (χ1v) is 7.52. The molecule has 0 aromatic heterocycles. The second kappa shape index (κ2) is 8.19. The molecule has 0 unspecified atom stereocenters. The first kappa shape index (κ1) is 17.6. The minimum absolute atomic E-state index is 0.167. The molecule has 5 nitrogen and oxygen atoms in total. The summed E-state index contributed by atoms with van der Waals surface area (Å²) in [5.74, 6) is 0.847. The van der Waals surface area contributed by atoms with Crippen molar-refractivity contribution in [3.63, 3.8) is 0 Å². The fraction of sp³-hybridized carbons (Fsp3) is 0.278. The van der Waals surface area contributed by atoms with E-state index in [0.717, 1.165) is 5.56 Å². The molecule has 0 spiro atoms. The molecule has 0 saturated heterocycles. The van der Waals surface area contributed by atoms with Gasteiger partial charge in [0.1, 0.15) is 5.82 Å². The van der Waals surface area contributed by atoms with Gasteiger partial charge in [-0.15, -0.1) is 0 Å². The number of urea groups is 1. The standard InChI is InChI=1S/C18H21FN2O3/c1-21(18(22)20-15-7-5-4-6-14(15)19)11-10-13-8-9-16(23-2)17(12-13)24-3/h4-9,12H,10-11H2,1-3H3,(H,20,22). The van der Waals surface area contributed by atoms with Gasteiger partial charge in [0.05, 0.1) is 19.9 Å². The summed E-state index contributed by atoms with van der Waals surface area (Å²) in [7, 11) is 4.82. The van der Waals surface area contributed by atoms with Gasteiger partial charge >= 0.3 is 6.03 Å². The number of rotatable bonds is 6. The van der Waals surface area contributed by atoms with Crippen molar-refractivity contribution in [1.82, 2.24) is 4.90 Å².